The van der Waals surface area contributed by atoms with Gasteiger partial charge in [0.1, 0.15) is 0 Å². The van der Waals surface area contributed by atoms with Crippen LogP contribution in [0.1, 0.15) is 25.3 Å². The lowest BCUT2D eigenvalue weighted by atomic mass is 9.96. The fraction of sp³-hybridized carbons (Fsp3) is 0.421. The summed E-state index contributed by atoms with van der Waals surface area (Å²) >= 11 is 0. The number of amides is 1. The van der Waals surface area contributed by atoms with Crippen LogP contribution in [0.3, 0.4) is 0 Å². The number of piperidine rings is 1. The zero-order valence-electron chi connectivity index (χ0n) is 14.7. The van der Waals surface area contributed by atoms with E-state index in [0.717, 1.165) is 37.2 Å². The minimum absolute atomic E-state index is 0.0368. The summed E-state index contributed by atoms with van der Waals surface area (Å²) < 4.78 is 1.30. The van der Waals surface area contributed by atoms with E-state index in [1.807, 2.05) is 18.2 Å². The Morgan fingerprint density at radius 3 is 2.96 bits per heavy atom. The monoisotopic (exact) mass is 340 g/mol. The van der Waals surface area contributed by atoms with Crippen LogP contribution in [-0.4, -0.2) is 28.8 Å². The van der Waals surface area contributed by atoms with Gasteiger partial charge >= 0.3 is 0 Å². The van der Waals surface area contributed by atoms with Gasteiger partial charge in [-0.05, 0) is 37.0 Å². The Balaban J connectivity index is 1.68. The van der Waals surface area contributed by atoms with Gasteiger partial charge in [0.25, 0.3) is 5.56 Å². The van der Waals surface area contributed by atoms with Gasteiger partial charge < -0.3 is 10.2 Å². The molecule has 6 nitrogen and oxygen atoms in total. The average molecular weight is 340 g/mol. The second kappa shape index (κ2) is 7.51. The Morgan fingerprint density at radius 1 is 1.36 bits per heavy atom. The highest BCUT2D eigenvalue weighted by Crippen LogP contribution is 2.23. The van der Waals surface area contributed by atoms with E-state index in [-0.39, 0.29) is 17.4 Å². The van der Waals surface area contributed by atoms with Crippen LogP contribution in [0.5, 0.6) is 0 Å². The third kappa shape index (κ3) is 4.07. The largest absolute Gasteiger partial charge is 0.369 e. The van der Waals surface area contributed by atoms with Gasteiger partial charge in [-0.2, -0.15) is 5.10 Å². The highest BCUT2D eigenvalue weighted by Gasteiger charge is 2.26. The number of rotatable bonds is 4. The summed E-state index contributed by atoms with van der Waals surface area (Å²) in [5.41, 5.74) is 2.69. The number of hydrogen-bond donors (Lipinski definition) is 1. The molecule has 2 aromatic rings. The van der Waals surface area contributed by atoms with Crippen molar-refractivity contribution in [2.24, 2.45) is 13.0 Å². The first-order valence-electron chi connectivity index (χ1n) is 8.75. The molecule has 1 amide bonds. The molecular weight excluding hydrogens is 316 g/mol. The molecule has 132 valence electrons. The molecule has 1 saturated heterocycles. The minimum atomic E-state index is -0.138. The van der Waals surface area contributed by atoms with Crippen LogP contribution in [0.4, 0.5) is 11.4 Å². The van der Waals surface area contributed by atoms with Crippen molar-refractivity contribution < 1.29 is 4.79 Å². The lowest BCUT2D eigenvalue weighted by molar-refractivity contribution is -0.120. The average Bonchev–Trinajstić information content (AvgIpc) is 2.64. The molecule has 2 heterocycles. The zero-order chi connectivity index (χ0) is 17.8. The predicted octanol–water partition coefficient (Wildman–Crippen LogP) is 2.20. The minimum Gasteiger partial charge on any atom is -0.369 e. The van der Waals surface area contributed by atoms with Crippen molar-refractivity contribution in [3.63, 3.8) is 0 Å². The molecule has 1 aliphatic rings. The van der Waals surface area contributed by atoms with Gasteiger partial charge in [-0.15, -0.1) is 0 Å². The number of benzene rings is 1. The van der Waals surface area contributed by atoms with Crippen LogP contribution in [0, 0.1) is 5.92 Å². The first-order chi connectivity index (χ1) is 12.1. The number of carbonyl (C=O) groups excluding carboxylic acids is 1. The second-order valence-electron chi connectivity index (χ2n) is 6.50. The molecule has 25 heavy (non-hydrogen) atoms. The molecule has 1 atom stereocenters. The fourth-order valence-corrected chi connectivity index (χ4v) is 3.17. The van der Waals surface area contributed by atoms with Crippen LogP contribution in [0.25, 0.3) is 0 Å². The van der Waals surface area contributed by atoms with Gasteiger partial charge in [0, 0.05) is 31.9 Å². The molecule has 1 fully saturated rings. The topological polar surface area (TPSA) is 67.2 Å². The first kappa shape index (κ1) is 17.2. The lowest BCUT2D eigenvalue weighted by Crippen LogP contribution is -2.41. The van der Waals surface area contributed by atoms with Crippen LogP contribution in [-0.2, 0) is 18.3 Å². The van der Waals surface area contributed by atoms with Gasteiger partial charge in [0.05, 0.1) is 17.8 Å². The second-order valence-corrected chi connectivity index (χ2v) is 6.50. The molecule has 1 aromatic heterocycles. The summed E-state index contributed by atoms with van der Waals surface area (Å²) in [6.45, 7) is 3.54. The molecule has 6 heteroatoms. The molecular formula is C19H24N4O2. The molecule has 3 rings (SSSR count). The van der Waals surface area contributed by atoms with Crippen molar-refractivity contribution in [2.75, 3.05) is 23.3 Å². The Kier molecular flexibility index (Phi) is 5.16. The molecule has 0 spiro atoms. The molecule has 1 N–H and O–H groups in total. The molecule has 0 unspecified atom stereocenters. The molecule has 1 aromatic carbocycles. The maximum Gasteiger partial charge on any atom is 0.268 e. The number of aryl methyl sites for hydroxylation is 2. The quantitative estimate of drug-likeness (QED) is 0.926. The third-order valence-electron chi connectivity index (χ3n) is 4.71. The summed E-state index contributed by atoms with van der Waals surface area (Å²) in [5, 5.41) is 7.10. The highest BCUT2D eigenvalue weighted by molar-refractivity contribution is 5.93. The van der Waals surface area contributed by atoms with Crippen molar-refractivity contribution in [3.8, 4) is 0 Å². The third-order valence-corrected chi connectivity index (χ3v) is 4.71. The van der Waals surface area contributed by atoms with Gasteiger partial charge in [-0.25, -0.2) is 4.68 Å². The van der Waals surface area contributed by atoms with Gasteiger partial charge in [-0.3, -0.25) is 9.59 Å². The normalized spacial score (nSPS) is 17.4. The number of anilines is 2. The van der Waals surface area contributed by atoms with Crippen LogP contribution in [0.2, 0.25) is 0 Å². The van der Waals surface area contributed by atoms with Crippen LogP contribution in [0.15, 0.2) is 41.3 Å². The maximum absolute atomic E-state index is 12.6. The number of nitrogens with zero attached hydrogens (tertiary/aromatic N) is 3. The summed E-state index contributed by atoms with van der Waals surface area (Å²) in [6, 6.07) is 9.54. The molecule has 0 aliphatic carbocycles. The van der Waals surface area contributed by atoms with E-state index in [1.165, 1.54) is 10.2 Å². The molecule has 0 radical (unpaired) electrons. The van der Waals surface area contributed by atoms with Crippen molar-refractivity contribution in [2.45, 2.75) is 26.2 Å². The summed E-state index contributed by atoms with van der Waals surface area (Å²) in [5.74, 6) is -0.0576. The lowest BCUT2D eigenvalue weighted by Gasteiger charge is -2.33. The van der Waals surface area contributed by atoms with Crippen molar-refractivity contribution >= 4 is 17.3 Å². The van der Waals surface area contributed by atoms with E-state index < -0.39 is 0 Å². The van der Waals surface area contributed by atoms with Gasteiger partial charge in [-0.1, -0.05) is 19.1 Å². The fourth-order valence-electron chi connectivity index (χ4n) is 3.17. The van der Waals surface area contributed by atoms with E-state index in [4.69, 9.17) is 0 Å². The maximum atomic E-state index is 12.6. The smallest absolute Gasteiger partial charge is 0.268 e. The van der Waals surface area contributed by atoms with Crippen LogP contribution < -0.4 is 15.8 Å². The zero-order valence-corrected chi connectivity index (χ0v) is 14.7. The Labute approximate surface area is 147 Å². The summed E-state index contributed by atoms with van der Waals surface area (Å²) in [7, 11) is 1.63. The Morgan fingerprint density at radius 2 is 2.20 bits per heavy atom. The van der Waals surface area contributed by atoms with E-state index in [9.17, 15) is 9.59 Å². The number of carbonyl (C=O) groups is 1. The summed E-state index contributed by atoms with van der Waals surface area (Å²) in [4.78, 5) is 26.5. The SMILES string of the molecule is CCc1cccc(NC(=O)[C@H]2CCCN(c3cnn(C)c(=O)c3)C2)c1. The van der Waals surface area contributed by atoms with Crippen LogP contribution >= 0.6 is 0 Å². The van der Waals surface area contributed by atoms with E-state index in [0.29, 0.717) is 6.54 Å². The highest BCUT2D eigenvalue weighted by atomic mass is 16.2. The Hall–Kier alpha value is -2.63. The number of hydrogen-bond acceptors (Lipinski definition) is 4. The molecule has 0 bridgehead atoms. The van der Waals surface area contributed by atoms with Gasteiger partial charge in [0.15, 0.2) is 0 Å². The van der Waals surface area contributed by atoms with Crippen molar-refractivity contribution in [3.05, 3.63) is 52.4 Å². The van der Waals surface area contributed by atoms with Crippen molar-refractivity contribution in [1.29, 1.82) is 0 Å². The standard InChI is InChI=1S/C19H24N4O2/c1-3-14-6-4-8-16(10-14)21-19(25)15-7-5-9-23(13-15)17-11-18(24)22(2)20-12-17/h4,6,8,10-12,15H,3,5,7,9,13H2,1-2H3,(H,21,25)/t15-/m0/s1. The van der Waals surface area contributed by atoms with E-state index in [2.05, 4.69) is 28.3 Å². The Bertz CT molecular complexity index is 815. The van der Waals surface area contributed by atoms with E-state index in [1.54, 1.807) is 19.3 Å². The first-order valence-corrected chi connectivity index (χ1v) is 8.75. The predicted molar refractivity (Wildman–Crippen MR) is 98.9 cm³/mol. The number of nitrogens with one attached hydrogen (secondary N) is 1. The van der Waals surface area contributed by atoms with Crippen molar-refractivity contribution in [1.82, 2.24) is 9.78 Å². The summed E-state index contributed by atoms with van der Waals surface area (Å²) in [6.07, 6.45) is 4.40. The number of aromatic nitrogens is 2. The molecule has 0 saturated carbocycles. The van der Waals surface area contributed by atoms with E-state index >= 15 is 0 Å². The molecule has 1 aliphatic heterocycles. The van der Waals surface area contributed by atoms with Gasteiger partial charge in [0.2, 0.25) is 5.91 Å².